The summed E-state index contributed by atoms with van der Waals surface area (Å²) in [5.41, 5.74) is 2.31. The number of methoxy groups -OCH3 is 1. The molecule has 0 aliphatic carbocycles. The fourth-order valence-corrected chi connectivity index (χ4v) is 3.22. The number of hydrogen-bond acceptors (Lipinski definition) is 7. The number of amides is 1. The molecule has 9 nitrogen and oxygen atoms in total. The van der Waals surface area contributed by atoms with Gasteiger partial charge in [-0.1, -0.05) is 12.1 Å². The molecule has 32 heavy (non-hydrogen) atoms. The van der Waals surface area contributed by atoms with E-state index >= 15 is 0 Å². The Bertz CT molecular complexity index is 1330. The lowest BCUT2D eigenvalue weighted by molar-refractivity contribution is -0.385. The van der Waals surface area contributed by atoms with Crippen molar-refractivity contribution in [3.63, 3.8) is 0 Å². The summed E-state index contributed by atoms with van der Waals surface area (Å²) in [6.07, 6.45) is 0. The van der Waals surface area contributed by atoms with Crippen LogP contribution in [-0.4, -0.2) is 28.0 Å². The van der Waals surface area contributed by atoms with Gasteiger partial charge in [-0.2, -0.15) is 0 Å². The van der Waals surface area contributed by atoms with E-state index in [1.54, 1.807) is 55.6 Å². The van der Waals surface area contributed by atoms with E-state index in [9.17, 15) is 14.9 Å². The van der Waals surface area contributed by atoms with Gasteiger partial charge in [0.15, 0.2) is 10.7 Å². The molecule has 4 rings (SSSR count). The molecular weight excluding hydrogens is 432 g/mol. The maximum atomic E-state index is 12.4. The van der Waals surface area contributed by atoms with Gasteiger partial charge < -0.3 is 14.5 Å². The number of ether oxygens (including phenoxy) is 1. The Morgan fingerprint density at radius 1 is 1.12 bits per heavy atom. The number of anilines is 1. The van der Waals surface area contributed by atoms with Crippen LogP contribution in [0.2, 0.25) is 0 Å². The van der Waals surface area contributed by atoms with Gasteiger partial charge in [0.2, 0.25) is 5.89 Å². The zero-order chi connectivity index (χ0) is 22.7. The van der Waals surface area contributed by atoms with Crippen LogP contribution in [0.4, 0.5) is 11.4 Å². The van der Waals surface area contributed by atoms with Crippen molar-refractivity contribution in [2.75, 3.05) is 12.4 Å². The second-order valence-corrected chi connectivity index (χ2v) is 7.02. The first-order valence-electron chi connectivity index (χ1n) is 9.35. The van der Waals surface area contributed by atoms with E-state index in [1.165, 1.54) is 18.2 Å². The van der Waals surface area contributed by atoms with Crippen molar-refractivity contribution in [1.82, 2.24) is 10.3 Å². The first kappa shape index (κ1) is 20.9. The Kier molecular flexibility index (Phi) is 5.77. The summed E-state index contributed by atoms with van der Waals surface area (Å²) in [5.74, 6) is 0.466. The van der Waals surface area contributed by atoms with Gasteiger partial charge in [0.25, 0.3) is 11.6 Å². The number of fused-ring (bicyclic) bond motifs is 1. The maximum absolute atomic E-state index is 12.4. The average Bonchev–Trinajstić information content (AvgIpc) is 3.22. The highest BCUT2D eigenvalue weighted by Crippen LogP contribution is 2.27. The van der Waals surface area contributed by atoms with Crippen LogP contribution in [0.1, 0.15) is 10.4 Å². The van der Waals surface area contributed by atoms with Crippen LogP contribution in [0.3, 0.4) is 0 Å². The van der Waals surface area contributed by atoms with E-state index in [0.717, 1.165) is 5.56 Å². The molecular formula is C22H16N4O5S. The molecule has 0 atom stereocenters. The number of para-hydroxylation sites is 1. The number of thiocarbonyl (C=S) groups is 1. The highest BCUT2D eigenvalue weighted by Gasteiger charge is 2.20. The summed E-state index contributed by atoms with van der Waals surface area (Å²) in [5, 5.41) is 16.4. The summed E-state index contributed by atoms with van der Waals surface area (Å²) in [4.78, 5) is 27.3. The number of nitrogens with one attached hydrogen (secondary N) is 2. The standard InChI is InChI=1S/C22H16N4O5S/c1-30-15-10-11-19-17(12-15)24-21(31-19)13-6-8-14(9-7-13)23-22(32)25-20(27)16-4-2-3-5-18(16)26(28)29/h2-12H,1H3,(H2,23,25,27,32). The average molecular weight is 448 g/mol. The van der Waals surface area contributed by atoms with Gasteiger partial charge in [0, 0.05) is 23.4 Å². The van der Waals surface area contributed by atoms with Gasteiger partial charge in [0.05, 0.1) is 12.0 Å². The monoisotopic (exact) mass is 448 g/mol. The minimum atomic E-state index is -0.673. The number of benzene rings is 3. The van der Waals surface area contributed by atoms with Gasteiger partial charge in [0.1, 0.15) is 16.8 Å². The fraction of sp³-hybridized carbons (Fsp3) is 0.0455. The Hall–Kier alpha value is -4.31. The number of hydrogen-bond donors (Lipinski definition) is 2. The summed E-state index contributed by atoms with van der Waals surface area (Å²) < 4.78 is 11.0. The van der Waals surface area contributed by atoms with Gasteiger partial charge in [-0.3, -0.25) is 20.2 Å². The first-order valence-corrected chi connectivity index (χ1v) is 9.76. The molecule has 0 fully saturated rings. The van der Waals surface area contributed by atoms with Crippen molar-refractivity contribution >= 4 is 45.7 Å². The van der Waals surface area contributed by atoms with Crippen molar-refractivity contribution in [2.45, 2.75) is 0 Å². The molecule has 160 valence electrons. The van der Waals surface area contributed by atoms with Gasteiger partial charge in [-0.05, 0) is 54.7 Å². The summed E-state index contributed by atoms with van der Waals surface area (Å²) >= 11 is 5.16. The quantitative estimate of drug-likeness (QED) is 0.259. The first-order chi connectivity index (χ1) is 15.4. The minimum absolute atomic E-state index is 0.00913. The Morgan fingerprint density at radius 2 is 1.88 bits per heavy atom. The predicted octanol–water partition coefficient (Wildman–Crippen LogP) is 4.54. The molecule has 0 spiro atoms. The highest BCUT2D eigenvalue weighted by atomic mass is 32.1. The lowest BCUT2D eigenvalue weighted by Gasteiger charge is -2.10. The van der Waals surface area contributed by atoms with Gasteiger partial charge in [-0.25, -0.2) is 4.98 Å². The highest BCUT2D eigenvalue weighted by molar-refractivity contribution is 7.80. The molecule has 10 heteroatoms. The largest absolute Gasteiger partial charge is 0.497 e. The third-order valence-corrected chi connectivity index (χ3v) is 4.76. The molecule has 3 aromatic carbocycles. The van der Waals surface area contributed by atoms with Crippen molar-refractivity contribution in [1.29, 1.82) is 0 Å². The van der Waals surface area contributed by atoms with Crippen LogP contribution in [0.5, 0.6) is 5.75 Å². The predicted molar refractivity (Wildman–Crippen MR) is 123 cm³/mol. The lowest BCUT2D eigenvalue weighted by atomic mass is 10.1. The number of nitro groups is 1. The molecule has 2 N–H and O–H groups in total. The van der Waals surface area contributed by atoms with E-state index in [2.05, 4.69) is 15.6 Å². The van der Waals surface area contributed by atoms with Crippen LogP contribution in [0.25, 0.3) is 22.6 Å². The normalized spacial score (nSPS) is 10.5. The Morgan fingerprint density at radius 3 is 2.59 bits per heavy atom. The van der Waals surface area contributed by atoms with Crippen LogP contribution in [-0.2, 0) is 0 Å². The van der Waals surface area contributed by atoms with Crippen molar-refractivity contribution < 1.29 is 18.9 Å². The van der Waals surface area contributed by atoms with E-state index in [0.29, 0.717) is 28.4 Å². The van der Waals surface area contributed by atoms with Crippen LogP contribution < -0.4 is 15.4 Å². The molecule has 4 aromatic rings. The topological polar surface area (TPSA) is 120 Å². The van der Waals surface area contributed by atoms with E-state index in [-0.39, 0.29) is 16.4 Å². The Labute approximate surface area is 187 Å². The number of oxazole rings is 1. The lowest BCUT2D eigenvalue weighted by Crippen LogP contribution is -2.34. The molecule has 0 saturated heterocycles. The molecule has 0 radical (unpaired) electrons. The SMILES string of the molecule is COc1ccc2oc(-c3ccc(NC(=S)NC(=O)c4ccccc4[N+](=O)[O-])cc3)nc2c1. The van der Waals surface area contributed by atoms with Crippen LogP contribution >= 0.6 is 12.2 Å². The molecule has 1 amide bonds. The second kappa shape index (κ2) is 8.82. The molecule has 0 bridgehead atoms. The van der Waals surface area contributed by atoms with Crippen molar-refractivity contribution in [3.05, 3.63) is 82.4 Å². The molecule has 0 aliphatic rings. The number of nitrogens with zero attached hydrogens (tertiary/aromatic N) is 2. The number of nitro benzene ring substituents is 1. The zero-order valence-electron chi connectivity index (χ0n) is 16.7. The Balaban J connectivity index is 1.44. The number of carbonyl (C=O) groups excluding carboxylic acids is 1. The van der Waals surface area contributed by atoms with Gasteiger partial charge in [-0.15, -0.1) is 0 Å². The van der Waals surface area contributed by atoms with Crippen molar-refractivity contribution in [3.8, 4) is 17.2 Å². The van der Waals surface area contributed by atoms with Crippen molar-refractivity contribution in [2.24, 2.45) is 0 Å². The van der Waals surface area contributed by atoms with E-state index < -0.39 is 10.8 Å². The molecule has 1 aromatic heterocycles. The maximum Gasteiger partial charge on any atom is 0.282 e. The number of rotatable bonds is 5. The summed E-state index contributed by atoms with van der Waals surface area (Å²) in [7, 11) is 1.59. The smallest absolute Gasteiger partial charge is 0.282 e. The van der Waals surface area contributed by atoms with Crippen LogP contribution in [0.15, 0.2) is 71.1 Å². The van der Waals surface area contributed by atoms with Gasteiger partial charge >= 0.3 is 0 Å². The molecule has 0 saturated carbocycles. The summed E-state index contributed by atoms with van der Waals surface area (Å²) in [6, 6.07) is 18.1. The molecule has 0 unspecified atom stereocenters. The third kappa shape index (κ3) is 4.40. The van der Waals surface area contributed by atoms with Crippen LogP contribution in [0, 0.1) is 10.1 Å². The number of aromatic nitrogens is 1. The third-order valence-electron chi connectivity index (χ3n) is 4.56. The zero-order valence-corrected chi connectivity index (χ0v) is 17.5. The second-order valence-electron chi connectivity index (χ2n) is 6.61. The van der Waals surface area contributed by atoms with E-state index in [4.69, 9.17) is 21.4 Å². The summed E-state index contributed by atoms with van der Waals surface area (Å²) in [6.45, 7) is 0. The van der Waals surface area contributed by atoms with E-state index in [1.807, 2.05) is 0 Å². The molecule has 1 heterocycles. The minimum Gasteiger partial charge on any atom is -0.497 e. The molecule has 0 aliphatic heterocycles. The fourth-order valence-electron chi connectivity index (χ4n) is 3.01. The number of carbonyl (C=O) groups is 1.